The third kappa shape index (κ3) is 2.91. The van der Waals surface area contributed by atoms with Gasteiger partial charge in [0.05, 0.1) is 12.6 Å². The lowest BCUT2D eigenvalue weighted by Gasteiger charge is -2.46. The molecular formula is C21H24N2O2. The van der Waals surface area contributed by atoms with E-state index in [1.165, 1.54) is 0 Å². The van der Waals surface area contributed by atoms with E-state index in [1.54, 1.807) is 6.92 Å². The van der Waals surface area contributed by atoms with E-state index in [2.05, 4.69) is 11.4 Å². The first kappa shape index (κ1) is 16.2. The molecule has 1 amide bonds. The Balaban J connectivity index is 1.80. The van der Waals surface area contributed by atoms with Crippen molar-refractivity contribution in [2.75, 3.05) is 16.8 Å². The molecule has 2 N–H and O–H groups in total. The molecule has 1 heterocycles. The van der Waals surface area contributed by atoms with Gasteiger partial charge in [-0.3, -0.25) is 4.79 Å². The van der Waals surface area contributed by atoms with Gasteiger partial charge in [0.2, 0.25) is 5.91 Å². The van der Waals surface area contributed by atoms with E-state index in [4.69, 9.17) is 0 Å². The van der Waals surface area contributed by atoms with Gasteiger partial charge in [-0.15, -0.1) is 0 Å². The third-order valence-corrected chi connectivity index (χ3v) is 5.45. The summed E-state index contributed by atoms with van der Waals surface area (Å²) in [7, 11) is 0. The van der Waals surface area contributed by atoms with Crippen molar-refractivity contribution in [3.05, 3.63) is 60.2 Å². The Labute approximate surface area is 148 Å². The molecule has 4 rings (SSSR count). The Morgan fingerprint density at radius 2 is 1.80 bits per heavy atom. The highest BCUT2D eigenvalue weighted by Crippen LogP contribution is 2.49. The van der Waals surface area contributed by atoms with Crippen LogP contribution in [0.25, 0.3) is 0 Å². The van der Waals surface area contributed by atoms with Crippen LogP contribution in [0.4, 0.5) is 11.4 Å². The second-order valence-corrected chi connectivity index (χ2v) is 7.11. The molecule has 2 unspecified atom stereocenters. The van der Waals surface area contributed by atoms with E-state index in [9.17, 15) is 9.90 Å². The van der Waals surface area contributed by atoms with Crippen LogP contribution >= 0.6 is 0 Å². The highest BCUT2D eigenvalue weighted by molar-refractivity contribution is 5.94. The Bertz CT molecular complexity index is 758. The summed E-state index contributed by atoms with van der Waals surface area (Å²) in [5.41, 5.74) is 3.09. The van der Waals surface area contributed by atoms with E-state index in [0.717, 1.165) is 29.8 Å². The molecule has 2 aliphatic rings. The van der Waals surface area contributed by atoms with Gasteiger partial charge in [-0.1, -0.05) is 36.4 Å². The van der Waals surface area contributed by atoms with Crippen LogP contribution in [0, 0.1) is 11.8 Å². The van der Waals surface area contributed by atoms with Crippen molar-refractivity contribution in [1.82, 2.24) is 0 Å². The average molecular weight is 336 g/mol. The average Bonchev–Trinajstić information content (AvgIpc) is 3.46. The van der Waals surface area contributed by atoms with E-state index >= 15 is 0 Å². The molecule has 130 valence electrons. The number of anilines is 2. The van der Waals surface area contributed by atoms with Crippen molar-refractivity contribution < 1.29 is 9.90 Å². The third-order valence-electron chi connectivity index (χ3n) is 5.45. The number of aliphatic hydroxyl groups excluding tert-OH is 1. The first-order chi connectivity index (χ1) is 12.2. The van der Waals surface area contributed by atoms with Crippen LogP contribution in [0.15, 0.2) is 54.6 Å². The van der Waals surface area contributed by atoms with Crippen LogP contribution in [-0.4, -0.2) is 23.7 Å². The number of carbonyl (C=O) groups excluding carboxylic acids is 1. The lowest BCUT2D eigenvalue weighted by molar-refractivity contribution is -0.117. The molecule has 2 aromatic rings. The fourth-order valence-corrected chi connectivity index (χ4v) is 4.24. The van der Waals surface area contributed by atoms with Gasteiger partial charge >= 0.3 is 0 Å². The lowest BCUT2D eigenvalue weighted by atomic mass is 9.79. The standard InChI is InChI=1S/C21H24N2O2/c1-14(25)23-19-10-6-5-9-17(19)20(22-16-7-3-2-4-8-16)18(13-24)21(23)15-11-12-15/h2-10,15,18,20-22,24H,11-13H2,1H3/t18?,20?,21-/m0/s1. The predicted octanol–water partition coefficient (Wildman–Crippen LogP) is 3.59. The van der Waals surface area contributed by atoms with Gasteiger partial charge in [-0.25, -0.2) is 0 Å². The maximum absolute atomic E-state index is 12.5. The van der Waals surface area contributed by atoms with Crippen molar-refractivity contribution in [3.8, 4) is 0 Å². The smallest absolute Gasteiger partial charge is 0.224 e. The Morgan fingerprint density at radius 1 is 1.12 bits per heavy atom. The van der Waals surface area contributed by atoms with Gasteiger partial charge in [0.25, 0.3) is 0 Å². The fraction of sp³-hybridized carbons (Fsp3) is 0.381. The number of rotatable bonds is 4. The molecule has 1 aliphatic carbocycles. The summed E-state index contributed by atoms with van der Waals surface area (Å²) in [6.07, 6.45) is 2.26. The van der Waals surface area contributed by atoms with Gasteiger partial charge in [0, 0.05) is 30.3 Å². The van der Waals surface area contributed by atoms with Crippen LogP contribution < -0.4 is 10.2 Å². The van der Waals surface area contributed by atoms with Crippen molar-refractivity contribution in [2.24, 2.45) is 11.8 Å². The highest BCUT2D eigenvalue weighted by Gasteiger charge is 2.48. The van der Waals surface area contributed by atoms with Crippen LogP contribution in [0.3, 0.4) is 0 Å². The summed E-state index contributed by atoms with van der Waals surface area (Å²) >= 11 is 0. The van der Waals surface area contributed by atoms with Gasteiger partial charge in [0.15, 0.2) is 0 Å². The summed E-state index contributed by atoms with van der Waals surface area (Å²) in [4.78, 5) is 14.4. The molecule has 25 heavy (non-hydrogen) atoms. The van der Waals surface area contributed by atoms with Crippen molar-refractivity contribution >= 4 is 17.3 Å². The van der Waals surface area contributed by atoms with E-state index in [-0.39, 0.29) is 30.5 Å². The van der Waals surface area contributed by atoms with Gasteiger partial charge < -0.3 is 15.3 Å². The van der Waals surface area contributed by atoms with Gasteiger partial charge in [-0.2, -0.15) is 0 Å². The predicted molar refractivity (Wildman–Crippen MR) is 99.5 cm³/mol. The molecule has 1 fully saturated rings. The molecule has 3 atom stereocenters. The number of aliphatic hydroxyl groups is 1. The van der Waals surface area contributed by atoms with Gasteiger partial charge in [0.1, 0.15) is 0 Å². The maximum atomic E-state index is 12.5. The summed E-state index contributed by atoms with van der Waals surface area (Å²) in [6.45, 7) is 1.69. The maximum Gasteiger partial charge on any atom is 0.224 e. The molecule has 0 aromatic heterocycles. The van der Waals surface area contributed by atoms with Crippen LogP contribution in [0.1, 0.15) is 31.4 Å². The minimum atomic E-state index is -0.0218. The first-order valence-electron chi connectivity index (χ1n) is 9.02. The summed E-state index contributed by atoms with van der Waals surface area (Å²) in [6, 6.07) is 18.2. The summed E-state index contributed by atoms with van der Waals surface area (Å²) < 4.78 is 0. The molecule has 1 saturated carbocycles. The number of para-hydroxylation sites is 2. The minimum absolute atomic E-state index is 0.00944. The first-order valence-corrected chi connectivity index (χ1v) is 9.02. The van der Waals surface area contributed by atoms with E-state index < -0.39 is 0 Å². The van der Waals surface area contributed by atoms with Gasteiger partial charge in [-0.05, 0) is 42.5 Å². The number of carbonyl (C=O) groups is 1. The molecule has 0 bridgehead atoms. The molecule has 0 spiro atoms. The van der Waals surface area contributed by atoms with E-state index in [0.29, 0.717) is 5.92 Å². The number of hydrogen-bond acceptors (Lipinski definition) is 3. The summed E-state index contributed by atoms with van der Waals surface area (Å²) in [5, 5.41) is 13.8. The molecular weight excluding hydrogens is 312 g/mol. The Morgan fingerprint density at radius 3 is 2.44 bits per heavy atom. The highest BCUT2D eigenvalue weighted by atomic mass is 16.3. The van der Waals surface area contributed by atoms with E-state index in [1.807, 2.05) is 53.4 Å². The quantitative estimate of drug-likeness (QED) is 0.897. The number of nitrogens with one attached hydrogen (secondary N) is 1. The monoisotopic (exact) mass is 336 g/mol. The zero-order valence-corrected chi connectivity index (χ0v) is 14.4. The number of fused-ring (bicyclic) bond motifs is 1. The lowest BCUT2D eigenvalue weighted by Crippen LogP contribution is -2.53. The number of hydrogen-bond donors (Lipinski definition) is 2. The van der Waals surface area contributed by atoms with Crippen molar-refractivity contribution in [1.29, 1.82) is 0 Å². The SMILES string of the molecule is CC(=O)N1c2ccccc2C(Nc2ccccc2)C(CO)[C@@H]1C1CC1. The Hall–Kier alpha value is -2.33. The fourth-order valence-electron chi connectivity index (χ4n) is 4.24. The minimum Gasteiger partial charge on any atom is -0.396 e. The van der Waals surface area contributed by atoms with Crippen LogP contribution in [0.2, 0.25) is 0 Å². The van der Waals surface area contributed by atoms with Crippen LogP contribution in [-0.2, 0) is 4.79 Å². The normalized spacial score (nSPS) is 25.4. The second kappa shape index (κ2) is 6.52. The Kier molecular flexibility index (Phi) is 4.22. The molecule has 0 radical (unpaired) electrons. The molecule has 2 aromatic carbocycles. The summed E-state index contributed by atoms with van der Waals surface area (Å²) in [5.74, 6) is 0.516. The topological polar surface area (TPSA) is 52.6 Å². The molecule has 1 aliphatic heterocycles. The number of amides is 1. The van der Waals surface area contributed by atoms with Crippen LogP contribution in [0.5, 0.6) is 0 Å². The number of nitrogens with zero attached hydrogens (tertiary/aromatic N) is 1. The molecule has 4 heteroatoms. The zero-order chi connectivity index (χ0) is 17.4. The molecule has 0 saturated heterocycles. The number of benzene rings is 2. The van der Waals surface area contributed by atoms with Crippen molar-refractivity contribution in [2.45, 2.75) is 31.8 Å². The van der Waals surface area contributed by atoms with Crippen molar-refractivity contribution in [3.63, 3.8) is 0 Å². The zero-order valence-electron chi connectivity index (χ0n) is 14.4. The molecule has 4 nitrogen and oxygen atoms in total. The largest absolute Gasteiger partial charge is 0.396 e. The second-order valence-electron chi connectivity index (χ2n) is 7.11.